The molecule has 1 aliphatic carbocycles. The largest absolute Gasteiger partial charge is 0.381 e. The van der Waals surface area contributed by atoms with E-state index in [1.54, 1.807) is 24.3 Å². The van der Waals surface area contributed by atoms with Crippen molar-refractivity contribution < 1.29 is 13.2 Å². The van der Waals surface area contributed by atoms with E-state index >= 15 is 0 Å². The predicted molar refractivity (Wildman–Crippen MR) is 77.3 cm³/mol. The van der Waals surface area contributed by atoms with Gasteiger partial charge in [-0.3, -0.25) is 0 Å². The van der Waals surface area contributed by atoms with E-state index in [0.717, 1.165) is 38.9 Å². The molecule has 0 bridgehead atoms. The van der Waals surface area contributed by atoms with Crippen LogP contribution in [0.1, 0.15) is 25.7 Å². The molecule has 2 aliphatic rings. The lowest BCUT2D eigenvalue weighted by molar-refractivity contribution is -0.0483. The van der Waals surface area contributed by atoms with E-state index in [9.17, 15) is 8.42 Å². The lowest BCUT2D eigenvalue weighted by Crippen LogP contribution is -2.57. The first-order chi connectivity index (χ1) is 9.52. The smallest absolute Gasteiger partial charge is 0.240 e. The number of benzene rings is 1. The van der Waals surface area contributed by atoms with Gasteiger partial charge in [0.05, 0.1) is 4.90 Å². The van der Waals surface area contributed by atoms with E-state index in [1.807, 2.05) is 0 Å². The first-order valence-electron chi connectivity index (χ1n) is 6.88. The molecule has 2 fully saturated rings. The summed E-state index contributed by atoms with van der Waals surface area (Å²) in [7, 11) is -3.46. The fourth-order valence-corrected chi connectivity index (χ4v) is 4.63. The molecule has 1 saturated heterocycles. The van der Waals surface area contributed by atoms with Crippen LogP contribution in [0.4, 0.5) is 0 Å². The molecule has 20 heavy (non-hydrogen) atoms. The van der Waals surface area contributed by atoms with Crippen LogP contribution in [0.2, 0.25) is 5.02 Å². The number of halogens is 1. The molecule has 110 valence electrons. The third-order valence-corrected chi connectivity index (χ3v) is 6.32. The lowest BCUT2D eigenvalue weighted by atomic mass is 9.60. The molecule has 0 amide bonds. The first kappa shape index (κ1) is 14.3. The molecule has 1 atom stereocenters. The topological polar surface area (TPSA) is 55.4 Å². The van der Waals surface area contributed by atoms with Gasteiger partial charge in [-0.25, -0.2) is 13.1 Å². The zero-order chi connectivity index (χ0) is 14.2. The summed E-state index contributed by atoms with van der Waals surface area (Å²) in [6.07, 6.45) is 3.89. The molecular formula is C14H18ClNO3S. The second-order valence-corrected chi connectivity index (χ2v) is 7.79. The molecule has 1 N–H and O–H groups in total. The van der Waals surface area contributed by atoms with Crippen LogP contribution in [0.25, 0.3) is 0 Å². The highest BCUT2D eigenvalue weighted by atomic mass is 35.5. The van der Waals surface area contributed by atoms with Gasteiger partial charge in [0.15, 0.2) is 0 Å². The van der Waals surface area contributed by atoms with Crippen LogP contribution in [0, 0.1) is 5.41 Å². The average molecular weight is 316 g/mol. The van der Waals surface area contributed by atoms with Gasteiger partial charge in [0, 0.05) is 24.3 Å². The number of hydrogen-bond donors (Lipinski definition) is 1. The average Bonchev–Trinajstić information content (AvgIpc) is 2.45. The molecule has 4 nitrogen and oxygen atoms in total. The molecule has 3 rings (SSSR count). The molecular weight excluding hydrogens is 298 g/mol. The Morgan fingerprint density at radius 1 is 1.15 bits per heavy atom. The summed E-state index contributed by atoms with van der Waals surface area (Å²) in [4.78, 5) is 0.274. The van der Waals surface area contributed by atoms with Gasteiger partial charge in [0.2, 0.25) is 10.0 Å². The molecule has 1 aliphatic heterocycles. The maximum atomic E-state index is 12.4. The Balaban J connectivity index is 1.75. The minimum Gasteiger partial charge on any atom is -0.381 e. The molecule has 1 saturated carbocycles. The van der Waals surface area contributed by atoms with Crippen molar-refractivity contribution in [1.82, 2.24) is 4.72 Å². The third-order valence-electron chi connectivity index (χ3n) is 4.58. The van der Waals surface area contributed by atoms with Crippen molar-refractivity contribution in [3.8, 4) is 0 Å². The third kappa shape index (κ3) is 2.60. The molecule has 6 heteroatoms. The summed E-state index contributed by atoms with van der Waals surface area (Å²) in [5.74, 6) is 0. The molecule has 0 aromatic heterocycles. The van der Waals surface area contributed by atoms with Gasteiger partial charge in [0.1, 0.15) is 0 Å². The number of hydrogen-bond acceptors (Lipinski definition) is 3. The Bertz CT molecular complexity index is 579. The standard InChI is InChI=1S/C14H18ClNO3S/c15-11-1-3-12(4-2-11)20(17,18)16-13-5-6-14(13)7-9-19-10-8-14/h1-4,13,16H,5-10H2. The van der Waals surface area contributed by atoms with Gasteiger partial charge in [-0.2, -0.15) is 0 Å². The second-order valence-electron chi connectivity index (χ2n) is 5.64. The monoisotopic (exact) mass is 315 g/mol. The normalized spacial score (nSPS) is 25.4. The fraction of sp³-hybridized carbons (Fsp3) is 0.571. The van der Waals surface area contributed by atoms with Crippen LogP contribution in [-0.2, 0) is 14.8 Å². The molecule has 1 spiro atoms. The zero-order valence-electron chi connectivity index (χ0n) is 11.1. The Labute approximate surface area is 124 Å². The summed E-state index contributed by atoms with van der Waals surface area (Å²) < 4.78 is 33.0. The highest BCUT2D eigenvalue weighted by Crippen LogP contribution is 2.49. The van der Waals surface area contributed by atoms with Crippen molar-refractivity contribution in [2.75, 3.05) is 13.2 Å². The van der Waals surface area contributed by atoms with E-state index < -0.39 is 10.0 Å². The maximum Gasteiger partial charge on any atom is 0.240 e. The first-order valence-corrected chi connectivity index (χ1v) is 8.74. The summed E-state index contributed by atoms with van der Waals surface area (Å²) in [5.41, 5.74) is 0.109. The highest BCUT2D eigenvalue weighted by molar-refractivity contribution is 7.89. The highest BCUT2D eigenvalue weighted by Gasteiger charge is 2.48. The molecule has 1 heterocycles. The van der Waals surface area contributed by atoms with Crippen molar-refractivity contribution in [2.45, 2.75) is 36.6 Å². The Morgan fingerprint density at radius 3 is 2.35 bits per heavy atom. The SMILES string of the molecule is O=S(=O)(NC1CCC12CCOCC2)c1ccc(Cl)cc1. The predicted octanol–water partition coefficient (Wildman–Crippen LogP) is 2.58. The quantitative estimate of drug-likeness (QED) is 0.932. The van der Waals surface area contributed by atoms with Crippen LogP contribution in [0.5, 0.6) is 0 Å². The fourth-order valence-electron chi connectivity index (χ4n) is 3.13. The minimum absolute atomic E-state index is 0.0343. The summed E-state index contributed by atoms with van der Waals surface area (Å²) in [5, 5.41) is 0.536. The van der Waals surface area contributed by atoms with Gasteiger partial charge in [0.25, 0.3) is 0 Å². The lowest BCUT2D eigenvalue weighted by Gasteiger charge is -2.51. The number of sulfonamides is 1. The zero-order valence-corrected chi connectivity index (χ0v) is 12.7. The Morgan fingerprint density at radius 2 is 1.80 bits per heavy atom. The Kier molecular flexibility index (Phi) is 3.79. The van der Waals surface area contributed by atoms with Crippen LogP contribution in [0.15, 0.2) is 29.2 Å². The molecule has 1 aromatic rings. The summed E-state index contributed by atoms with van der Waals surface area (Å²) in [6.45, 7) is 1.47. The van der Waals surface area contributed by atoms with Crippen molar-refractivity contribution in [3.63, 3.8) is 0 Å². The summed E-state index contributed by atoms with van der Waals surface area (Å²) in [6, 6.07) is 6.31. The van der Waals surface area contributed by atoms with Crippen molar-refractivity contribution in [1.29, 1.82) is 0 Å². The van der Waals surface area contributed by atoms with Gasteiger partial charge >= 0.3 is 0 Å². The van der Waals surface area contributed by atoms with Gasteiger partial charge in [-0.15, -0.1) is 0 Å². The minimum atomic E-state index is -3.46. The maximum absolute atomic E-state index is 12.4. The van der Waals surface area contributed by atoms with Crippen molar-refractivity contribution in [3.05, 3.63) is 29.3 Å². The van der Waals surface area contributed by atoms with Gasteiger partial charge in [-0.05, 0) is 55.4 Å². The van der Waals surface area contributed by atoms with Gasteiger partial charge in [-0.1, -0.05) is 11.6 Å². The Hall–Kier alpha value is -0.620. The van der Waals surface area contributed by atoms with E-state index in [1.165, 1.54) is 0 Å². The van der Waals surface area contributed by atoms with Crippen molar-refractivity contribution >= 4 is 21.6 Å². The van der Waals surface area contributed by atoms with E-state index in [0.29, 0.717) is 5.02 Å². The molecule has 0 radical (unpaired) electrons. The van der Waals surface area contributed by atoms with E-state index in [-0.39, 0.29) is 16.4 Å². The van der Waals surface area contributed by atoms with Crippen LogP contribution in [0.3, 0.4) is 0 Å². The van der Waals surface area contributed by atoms with Crippen LogP contribution < -0.4 is 4.72 Å². The second kappa shape index (κ2) is 5.30. The number of nitrogens with one attached hydrogen (secondary N) is 1. The van der Waals surface area contributed by atoms with Crippen LogP contribution in [-0.4, -0.2) is 27.7 Å². The van der Waals surface area contributed by atoms with E-state index in [2.05, 4.69) is 4.72 Å². The number of ether oxygens (including phenoxy) is 1. The van der Waals surface area contributed by atoms with E-state index in [4.69, 9.17) is 16.3 Å². The number of rotatable bonds is 3. The van der Waals surface area contributed by atoms with Crippen molar-refractivity contribution in [2.24, 2.45) is 5.41 Å². The van der Waals surface area contributed by atoms with Crippen LogP contribution >= 0.6 is 11.6 Å². The summed E-state index contributed by atoms with van der Waals surface area (Å²) >= 11 is 5.79. The van der Waals surface area contributed by atoms with Gasteiger partial charge < -0.3 is 4.74 Å². The molecule has 1 aromatic carbocycles. The molecule has 1 unspecified atom stereocenters.